The number of anilines is 1. The van der Waals surface area contributed by atoms with Crippen LogP contribution >= 0.6 is 0 Å². The molecule has 1 amide bonds. The number of para-hydroxylation sites is 2. The molecule has 1 saturated carbocycles. The summed E-state index contributed by atoms with van der Waals surface area (Å²) in [6.45, 7) is 1.38. The number of pyridine rings is 2. The van der Waals surface area contributed by atoms with E-state index in [1.165, 1.54) is 6.42 Å². The van der Waals surface area contributed by atoms with Crippen molar-refractivity contribution in [2.75, 3.05) is 18.4 Å². The molecule has 3 atom stereocenters. The van der Waals surface area contributed by atoms with Crippen LogP contribution in [0, 0.1) is 11.8 Å². The minimum atomic E-state index is -0.0315. The average Bonchev–Trinajstić information content (AvgIpc) is 3.31. The van der Waals surface area contributed by atoms with Crippen molar-refractivity contribution < 1.29 is 9.21 Å². The third-order valence-electron chi connectivity index (χ3n) is 6.30. The van der Waals surface area contributed by atoms with Gasteiger partial charge in [0.05, 0.1) is 6.04 Å². The number of amides is 1. The number of fused-ring (bicyclic) bond motifs is 2. The van der Waals surface area contributed by atoms with Gasteiger partial charge < -0.3 is 14.6 Å². The van der Waals surface area contributed by atoms with Gasteiger partial charge in [-0.25, -0.2) is 0 Å². The maximum atomic E-state index is 13.5. The van der Waals surface area contributed by atoms with Gasteiger partial charge in [-0.05, 0) is 42.5 Å². The Morgan fingerprint density at radius 2 is 2.03 bits per heavy atom. The molecule has 0 radical (unpaired) electrons. The molecule has 1 N–H and O–H groups in total. The summed E-state index contributed by atoms with van der Waals surface area (Å²) >= 11 is 0. The SMILES string of the molecule is O=C(c1ncccc1-c1cccnc1)N1CC2CC2C1CNc1nc2ccccc2o1. The molecule has 1 aliphatic carbocycles. The Kier molecular flexibility index (Phi) is 4.19. The lowest BCUT2D eigenvalue weighted by atomic mass is 10.0. The smallest absolute Gasteiger partial charge is 0.295 e. The first-order valence-electron chi connectivity index (χ1n) is 10.5. The first-order valence-corrected chi connectivity index (χ1v) is 10.5. The Morgan fingerprint density at radius 1 is 1.13 bits per heavy atom. The van der Waals surface area contributed by atoms with Gasteiger partial charge in [0.2, 0.25) is 0 Å². The molecular formula is C24H21N5O2. The highest BCUT2D eigenvalue weighted by atomic mass is 16.4. The monoisotopic (exact) mass is 411 g/mol. The zero-order valence-electron chi connectivity index (χ0n) is 16.8. The van der Waals surface area contributed by atoms with Crippen molar-refractivity contribution in [3.8, 4) is 11.1 Å². The number of rotatable bonds is 5. The van der Waals surface area contributed by atoms with Gasteiger partial charge in [-0.3, -0.25) is 14.8 Å². The summed E-state index contributed by atoms with van der Waals surface area (Å²) in [7, 11) is 0. The molecule has 0 spiro atoms. The molecule has 7 heteroatoms. The molecule has 6 rings (SSSR count). The molecule has 154 valence electrons. The predicted molar refractivity (Wildman–Crippen MR) is 116 cm³/mol. The van der Waals surface area contributed by atoms with Crippen LogP contribution in [-0.4, -0.2) is 44.9 Å². The van der Waals surface area contributed by atoms with Gasteiger partial charge in [0, 0.05) is 42.8 Å². The second-order valence-corrected chi connectivity index (χ2v) is 8.19. The largest absolute Gasteiger partial charge is 0.424 e. The van der Waals surface area contributed by atoms with Crippen LogP contribution in [0.15, 0.2) is 71.5 Å². The number of piperidine rings is 1. The van der Waals surface area contributed by atoms with Gasteiger partial charge in [0.15, 0.2) is 5.58 Å². The zero-order valence-corrected chi connectivity index (χ0v) is 16.8. The minimum absolute atomic E-state index is 0.0315. The molecule has 1 aromatic carbocycles. The Morgan fingerprint density at radius 3 is 2.90 bits per heavy atom. The highest BCUT2D eigenvalue weighted by Gasteiger charge is 2.54. The van der Waals surface area contributed by atoms with Crippen LogP contribution in [0.4, 0.5) is 6.01 Å². The molecule has 3 aromatic heterocycles. The van der Waals surface area contributed by atoms with E-state index in [9.17, 15) is 4.79 Å². The first kappa shape index (κ1) is 18.1. The van der Waals surface area contributed by atoms with E-state index >= 15 is 0 Å². The lowest BCUT2D eigenvalue weighted by Crippen LogP contribution is -2.43. The molecule has 31 heavy (non-hydrogen) atoms. The maximum absolute atomic E-state index is 13.5. The number of likely N-dealkylation sites (tertiary alicyclic amines) is 1. The average molecular weight is 411 g/mol. The Hall–Kier alpha value is -3.74. The van der Waals surface area contributed by atoms with E-state index in [-0.39, 0.29) is 11.9 Å². The zero-order chi connectivity index (χ0) is 20.8. The van der Waals surface area contributed by atoms with Crippen molar-refractivity contribution in [3.05, 3.63) is 72.8 Å². The second-order valence-electron chi connectivity index (χ2n) is 8.19. The molecule has 4 heterocycles. The number of nitrogens with one attached hydrogen (secondary N) is 1. The van der Waals surface area contributed by atoms with Crippen LogP contribution in [0.5, 0.6) is 0 Å². The predicted octanol–water partition coefficient (Wildman–Crippen LogP) is 3.86. The number of carbonyl (C=O) groups excluding carboxylic acids is 1. The Bertz CT molecular complexity index is 1220. The van der Waals surface area contributed by atoms with Crippen LogP contribution in [-0.2, 0) is 0 Å². The fourth-order valence-electron chi connectivity index (χ4n) is 4.67. The third-order valence-corrected chi connectivity index (χ3v) is 6.30. The number of nitrogens with zero attached hydrogens (tertiary/aromatic N) is 4. The van der Waals surface area contributed by atoms with Gasteiger partial charge >= 0.3 is 0 Å². The quantitative estimate of drug-likeness (QED) is 0.537. The number of carbonyl (C=O) groups is 1. The van der Waals surface area contributed by atoms with Gasteiger partial charge in [-0.1, -0.05) is 24.3 Å². The highest BCUT2D eigenvalue weighted by molar-refractivity contribution is 5.99. The summed E-state index contributed by atoms with van der Waals surface area (Å²) in [4.78, 5) is 28.7. The van der Waals surface area contributed by atoms with E-state index < -0.39 is 0 Å². The fraction of sp³-hybridized carbons (Fsp3) is 0.250. The lowest BCUT2D eigenvalue weighted by molar-refractivity contribution is 0.0710. The lowest BCUT2D eigenvalue weighted by Gasteiger charge is -2.28. The van der Waals surface area contributed by atoms with Crippen LogP contribution in [0.1, 0.15) is 16.9 Å². The Labute approximate surface area is 179 Å². The van der Waals surface area contributed by atoms with Crippen molar-refractivity contribution in [2.45, 2.75) is 12.5 Å². The molecule has 7 nitrogen and oxygen atoms in total. The molecular weight excluding hydrogens is 390 g/mol. The van der Waals surface area contributed by atoms with Crippen molar-refractivity contribution in [2.24, 2.45) is 11.8 Å². The van der Waals surface area contributed by atoms with E-state index in [4.69, 9.17) is 4.42 Å². The summed E-state index contributed by atoms with van der Waals surface area (Å²) in [5.74, 6) is 1.06. The topological polar surface area (TPSA) is 84.2 Å². The fourth-order valence-corrected chi connectivity index (χ4v) is 4.67. The van der Waals surface area contributed by atoms with Crippen LogP contribution in [0.25, 0.3) is 22.2 Å². The first-order chi connectivity index (χ1) is 15.3. The molecule has 0 bridgehead atoms. The van der Waals surface area contributed by atoms with E-state index in [0.29, 0.717) is 30.1 Å². The van der Waals surface area contributed by atoms with Crippen LogP contribution in [0.3, 0.4) is 0 Å². The van der Waals surface area contributed by atoms with Crippen molar-refractivity contribution in [1.29, 1.82) is 0 Å². The second kappa shape index (κ2) is 7.19. The summed E-state index contributed by atoms with van der Waals surface area (Å²) < 4.78 is 5.79. The third kappa shape index (κ3) is 3.22. The van der Waals surface area contributed by atoms with Gasteiger partial charge in [0.1, 0.15) is 11.2 Å². The summed E-state index contributed by atoms with van der Waals surface area (Å²) in [5.41, 5.74) is 3.76. The molecule has 3 unspecified atom stereocenters. The highest BCUT2D eigenvalue weighted by Crippen LogP contribution is 2.50. The van der Waals surface area contributed by atoms with E-state index in [2.05, 4.69) is 20.3 Å². The van der Waals surface area contributed by atoms with Gasteiger partial charge in [-0.15, -0.1) is 0 Å². The van der Waals surface area contributed by atoms with E-state index in [0.717, 1.165) is 28.8 Å². The number of oxazole rings is 1. The molecule has 1 aliphatic heterocycles. The molecule has 1 saturated heterocycles. The van der Waals surface area contributed by atoms with E-state index in [1.54, 1.807) is 18.6 Å². The molecule has 2 fully saturated rings. The summed E-state index contributed by atoms with van der Waals surface area (Å²) in [6.07, 6.45) is 6.33. The van der Waals surface area contributed by atoms with Crippen LogP contribution < -0.4 is 5.32 Å². The Balaban J connectivity index is 1.24. The summed E-state index contributed by atoms with van der Waals surface area (Å²) in [5, 5.41) is 3.31. The number of aromatic nitrogens is 3. The van der Waals surface area contributed by atoms with Gasteiger partial charge in [-0.2, -0.15) is 4.98 Å². The summed E-state index contributed by atoms with van der Waals surface area (Å²) in [6, 6.07) is 15.9. The van der Waals surface area contributed by atoms with Crippen molar-refractivity contribution in [1.82, 2.24) is 19.9 Å². The van der Waals surface area contributed by atoms with Crippen molar-refractivity contribution in [3.63, 3.8) is 0 Å². The van der Waals surface area contributed by atoms with Crippen molar-refractivity contribution >= 4 is 23.0 Å². The standard InChI is InChI=1S/C24H21N5O2/c30-23(22-17(6-4-10-26-22)15-5-3-9-25-12-15)29-14-16-11-18(16)20(29)13-27-24-28-19-7-1-2-8-21(19)31-24/h1-10,12,16,18,20H,11,13-14H2,(H,27,28). The number of hydrogen-bond acceptors (Lipinski definition) is 6. The minimum Gasteiger partial charge on any atom is -0.424 e. The normalized spacial score (nSPS) is 21.8. The maximum Gasteiger partial charge on any atom is 0.295 e. The molecule has 2 aliphatic rings. The van der Waals surface area contributed by atoms with Crippen LogP contribution in [0.2, 0.25) is 0 Å². The molecule has 4 aromatic rings. The van der Waals surface area contributed by atoms with E-state index in [1.807, 2.05) is 53.4 Å². The number of benzene rings is 1. The number of hydrogen-bond donors (Lipinski definition) is 1. The van der Waals surface area contributed by atoms with Gasteiger partial charge in [0.25, 0.3) is 11.9 Å².